The van der Waals surface area contributed by atoms with Gasteiger partial charge in [0, 0.05) is 19.3 Å². The Morgan fingerprint density at radius 2 is 1.59 bits per heavy atom. The SMILES string of the molecule is Cc1cccc(C)c1-n1ccc(=O)n(C)c1=O. The summed E-state index contributed by atoms with van der Waals surface area (Å²) in [4.78, 5) is 23.4. The molecular weight excluding hydrogens is 216 g/mol. The fraction of sp³-hybridized carbons (Fsp3) is 0.231. The van der Waals surface area contributed by atoms with Gasteiger partial charge in [-0.3, -0.25) is 13.9 Å². The van der Waals surface area contributed by atoms with Gasteiger partial charge in [-0.2, -0.15) is 0 Å². The molecule has 4 nitrogen and oxygen atoms in total. The fourth-order valence-electron chi connectivity index (χ4n) is 1.93. The lowest BCUT2D eigenvalue weighted by atomic mass is 10.1. The van der Waals surface area contributed by atoms with Gasteiger partial charge in [-0.05, 0) is 25.0 Å². The molecule has 0 radical (unpaired) electrons. The van der Waals surface area contributed by atoms with Gasteiger partial charge in [-0.25, -0.2) is 4.79 Å². The molecule has 0 spiro atoms. The van der Waals surface area contributed by atoms with Crippen LogP contribution in [0.1, 0.15) is 11.1 Å². The standard InChI is InChI=1S/C13H14N2O2/c1-9-5-4-6-10(2)12(9)15-8-7-11(16)14(3)13(15)17/h4-8H,1-3H3. The van der Waals surface area contributed by atoms with E-state index < -0.39 is 0 Å². The van der Waals surface area contributed by atoms with Crippen LogP contribution in [0.5, 0.6) is 0 Å². The topological polar surface area (TPSA) is 44.0 Å². The molecule has 0 atom stereocenters. The maximum atomic E-state index is 12.0. The molecule has 0 aliphatic carbocycles. The molecule has 1 aromatic carbocycles. The first kappa shape index (κ1) is 11.4. The van der Waals surface area contributed by atoms with Crippen LogP contribution in [0.4, 0.5) is 0 Å². The smallest absolute Gasteiger partial charge is 0.269 e. The molecule has 1 aromatic heterocycles. The van der Waals surface area contributed by atoms with Crippen LogP contribution in [-0.2, 0) is 7.05 Å². The van der Waals surface area contributed by atoms with Crippen molar-refractivity contribution in [1.29, 1.82) is 0 Å². The van der Waals surface area contributed by atoms with Crippen molar-refractivity contribution in [2.24, 2.45) is 7.05 Å². The molecule has 4 heteroatoms. The Labute approximate surface area is 98.8 Å². The third-order valence-corrected chi connectivity index (χ3v) is 2.87. The van der Waals surface area contributed by atoms with Gasteiger partial charge in [-0.15, -0.1) is 0 Å². The number of benzene rings is 1. The minimum atomic E-state index is -0.324. The molecule has 0 amide bonds. The highest BCUT2D eigenvalue weighted by Crippen LogP contribution is 2.16. The molecule has 0 bridgehead atoms. The number of para-hydroxylation sites is 1. The molecule has 0 N–H and O–H groups in total. The first-order valence-corrected chi connectivity index (χ1v) is 5.37. The van der Waals surface area contributed by atoms with E-state index in [0.717, 1.165) is 21.4 Å². The highest BCUT2D eigenvalue weighted by molar-refractivity contribution is 5.46. The van der Waals surface area contributed by atoms with Crippen molar-refractivity contribution in [3.8, 4) is 5.69 Å². The third-order valence-electron chi connectivity index (χ3n) is 2.87. The van der Waals surface area contributed by atoms with Crippen LogP contribution in [0, 0.1) is 13.8 Å². The van der Waals surface area contributed by atoms with E-state index in [-0.39, 0.29) is 11.2 Å². The lowest BCUT2D eigenvalue weighted by Gasteiger charge is -2.12. The van der Waals surface area contributed by atoms with E-state index in [2.05, 4.69) is 0 Å². The summed E-state index contributed by atoms with van der Waals surface area (Å²) < 4.78 is 2.61. The summed E-state index contributed by atoms with van der Waals surface area (Å²) in [6, 6.07) is 7.23. The van der Waals surface area contributed by atoms with Crippen molar-refractivity contribution in [2.75, 3.05) is 0 Å². The van der Waals surface area contributed by atoms with Gasteiger partial charge in [0.15, 0.2) is 0 Å². The Kier molecular flexibility index (Phi) is 2.71. The third kappa shape index (κ3) is 1.82. The summed E-state index contributed by atoms with van der Waals surface area (Å²) in [6.45, 7) is 3.89. The van der Waals surface area contributed by atoms with Crippen LogP contribution in [0.15, 0.2) is 40.1 Å². The highest BCUT2D eigenvalue weighted by atomic mass is 16.2. The molecule has 0 unspecified atom stereocenters. The zero-order valence-corrected chi connectivity index (χ0v) is 10.1. The van der Waals surface area contributed by atoms with Crippen LogP contribution in [0.3, 0.4) is 0 Å². The Morgan fingerprint density at radius 3 is 2.18 bits per heavy atom. The molecule has 0 fully saturated rings. The van der Waals surface area contributed by atoms with Crippen LogP contribution in [0.25, 0.3) is 5.69 Å². The van der Waals surface area contributed by atoms with Gasteiger partial charge in [0.05, 0.1) is 5.69 Å². The minimum Gasteiger partial charge on any atom is -0.269 e. The molecule has 1 heterocycles. The summed E-state index contributed by atoms with van der Waals surface area (Å²) in [5.41, 5.74) is 2.23. The van der Waals surface area contributed by atoms with E-state index in [1.54, 1.807) is 0 Å². The van der Waals surface area contributed by atoms with Crippen molar-refractivity contribution in [3.63, 3.8) is 0 Å². The van der Waals surface area contributed by atoms with Crippen molar-refractivity contribution in [1.82, 2.24) is 9.13 Å². The van der Waals surface area contributed by atoms with Crippen molar-refractivity contribution < 1.29 is 0 Å². The maximum Gasteiger partial charge on any atom is 0.335 e. The van der Waals surface area contributed by atoms with E-state index in [1.807, 2.05) is 32.0 Å². The summed E-state index contributed by atoms with van der Waals surface area (Å²) >= 11 is 0. The molecular formula is C13H14N2O2. The predicted molar refractivity (Wildman–Crippen MR) is 66.8 cm³/mol. The first-order chi connectivity index (χ1) is 8.02. The molecule has 0 aliphatic heterocycles. The second-order valence-electron chi connectivity index (χ2n) is 4.11. The molecule has 2 rings (SSSR count). The average molecular weight is 230 g/mol. The molecule has 2 aromatic rings. The predicted octanol–water partition coefficient (Wildman–Crippen LogP) is 1.15. The van der Waals surface area contributed by atoms with Crippen LogP contribution in [0.2, 0.25) is 0 Å². The number of aromatic nitrogens is 2. The van der Waals surface area contributed by atoms with Crippen LogP contribution in [-0.4, -0.2) is 9.13 Å². The second kappa shape index (κ2) is 4.05. The summed E-state index contributed by atoms with van der Waals surface area (Å²) in [5, 5.41) is 0. The zero-order valence-electron chi connectivity index (χ0n) is 10.1. The average Bonchev–Trinajstić information content (AvgIpc) is 2.29. The van der Waals surface area contributed by atoms with Crippen LogP contribution < -0.4 is 11.2 Å². The molecule has 0 saturated carbocycles. The Hall–Kier alpha value is -2.10. The van der Waals surface area contributed by atoms with Gasteiger partial charge >= 0.3 is 5.69 Å². The van der Waals surface area contributed by atoms with Gasteiger partial charge in [-0.1, -0.05) is 18.2 Å². The second-order valence-corrected chi connectivity index (χ2v) is 4.11. The summed E-state index contributed by atoms with van der Waals surface area (Å²) in [5.74, 6) is 0. The van der Waals surface area contributed by atoms with Crippen molar-refractivity contribution in [2.45, 2.75) is 13.8 Å². The summed E-state index contributed by atoms with van der Waals surface area (Å²) in [6.07, 6.45) is 1.53. The monoisotopic (exact) mass is 230 g/mol. The number of aryl methyl sites for hydroxylation is 2. The van der Waals surface area contributed by atoms with E-state index in [0.29, 0.717) is 0 Å². The van der Waals surface area contributed by atoms with E-state index in [1.165, 1.54) is 23.9 Å². The molecule has 88 valence electrons. The van der Waals surface area contributed by atoms with Crippen molar-refractivity contribution in [3.05, 3.63) is 62.4 Å². The van der Waals surface area contributed by atoms with E-state index >= 15 is 0 Å². The fourth-order valence-corrected chi connectivity index (χ4v) is 1.93. The molecule has 0 aliphatic rings. The molecule has 0 saturated heterocycles. The maximum absolute atomic E-state index is 12.0. The van der Waals surface area contributed by atoms with Gasteiger partial charge in [0.1, 0.15) is 0 Å². The van der Waals surface area contributed by atoms with E-state index in [9.17, 15) is 9.59 Å². The van der Waals surface area contributed by atoms with Crippen LogP contribution >= 0.6 is 0 Å². The Morgan fingerprint density at radius 1 is 1.00 bits per heavy atom. The molecule has 17 heavy (non-hydrogen) atoms. The summed E-state index contributed by atoms with van der Waals surface area (Å²) in [7, 11) is 1.48. The minimum absolute atomic E-state index is 0.294. The number of hydrogen-bond acceptors (Lipinski definition) is 2. The number of nitrogens with zero attached hydrogens (tertiary/aromatic N) is 2. The van der Waals surface area contributed by atoms with Crippen molar-refractivity contribution >= 4 is 0 Å². The zero-order chi connectivity index (χ0) is 12.6. The normalized spacial score (nSPS) is 10.5. The van der Waals surface area contributed by atoms with Gasteiger partial charge < -0.3 is 0 Å². The van der Waals surface area contributed by atoms with Gasteiger partial charge in [0.2, 0.25) is 0 Å². The van der Waals surface area contributed by atoms with E-state index in [4.69, 9.17) is 0 Å². The Bertz CT molecular complexity index is 660. The first-order valence-electron chi connectivity index (χ1n) is 5.37. The highest BCUT2D eigenvalue weighted by Gasteiger charge is 2.08. The lowest BCUT2D eigenvalue weighted by molar-refractivity contribution is 0.725. The number of rotatable bonds is 1. The lowest BCUT2D eigenvalue weighted by Crippen LogP contribution is -2.36. The van der Waals surface area contributed by atoms with Gasteiger partial charge in [0.25, 0.3) is 5.56 Å². The number of hydrogen-bond donors (Lipinski definition) is 0. The quantitative estimate of drug-likeness (QED) is 0.737. The Balaban J connectivity index is 2.83. The largest absolute Gasteiger partial charge is 0.335 e.